The maximum absolute atomic E-state index is 12.7. The predicted molar refractivity (Wildman–Crippen MR) is 112 cm³/mol. The molecule has 1 aromatic carbocycles. The number of amides is 1. The Morgan fingerprint density at radius 2 is 1.86 bits per heavy atom. The smallest absolute Gasteiger partial charge is 0.252 e. The van der Waals surface area contributed by atoms with E-state index >= 15 is 0 Å². The van der Waals surface area contributed by atoms with Crippen LogP contribution in [0.2, 0.25) is 0 Å². The largest absolute Gasteiger partial charge is 0.378 e. The van der Waals surface area contributed by atoms with Gasteiger partial charge in [-0.05, 0) is 66.2 Å². The molecule has 0 spiro atoms. The molecule has 2 fully saturated rings. The summed E-state index contributed by atoms with van der Waals surface area (Å²) in [5.41, 5.74) is 0.341. The monoisotopic (exact) mass is 472 g/mol. The summed E-state index contributed by atoms with van der Waals surface area (Å²) in [5.74, 6) is -0.275. The molecule has 0 atom stereocenters. The number of carbonyl (C=O) groups is 1. The Kier molecular flexibility index (Phi) is 7.91. The van der Waals surface area contributed by atoms with Gasteiger partial charge in [-0.1, -0.05) is 19.3 Å². The van der Waals surface area contributed by atoms with E-state index in [4.69, 9.17) is 4.74 Å². The first kappa shape index (κ1) is 21.7. The molecule has 1 heterocycles. The van der Waals surface area contributed by atoms with Crippen LogP contribution in [0.25, 0.3) is 0 Å². The Balaban J connectivity index is 1.52. The number of rotatable bonds is 8. The maximum atomic E-state index is 12.7. The van der Waals surface area contributed by atoms with Gasteiger partial charge in [-0.2, -0.15) is 4.31 Å². The molecule has 2 aliphatic rings. The van der Waals surface area contributed by atoms with Gasteiger partial charge in [0.1, 0.15) is 0 Å². The third-order valence-corrected chi connectivity index (χ3v) is 7.98. The van der Waals surface area contributed by atoms with Crippen molar-refractivity contribution in [2.45, 2.75) is 62.4 Å². The molecule has 6 nitrogen and oxygen atoms in total. The third kappa shape index (κ3) is 5.55. The van der Waals surface area contributed by atoms with Gasteiger partial charge in [0, 0.05) is 30.7 Å². The molecule has 0 bridgehead atoms. The Morgan fingerprint density at radius 3 is 2.57 bits per heavy atom. The minimum absolute atomic E-state index is 0.170. The van der Waals surface area contributed by atoms with E-state index in [2.05, 4.69) is 21.2 Å². The average Bonchev–Trinajstić information content (AvgIpc) is 3.24. The van der Waals surface area contributed by atoms with Crippen LogP contribution in [0.5, 0.6) is 0 Å². The number of halogens is 1. The molecule has 1 amide bonds. The highest BCUT2D eigenvalue weighted by Gasteiger charge is 2.28. The number of hydrogen-bond donors (Lipinski definition) is 1. The normalized spacial score (nSPS) is 19.0. The number of hydrogen-bond acceptors (Lipinski definition) is 4. The predicted octanol–water partition coefficient (Wildman–Crippen LogP) is 3.70. The van der Waals surface area contributed by atoms with Gasteiger partial charge < -0.3 is 10.1 Å². The molecular weight excluding hydrogens is 444 g/mol. The number of sulfonamides is 1. The van der Waals surface area contributed by atoms with Crippen LogP contribution >= 0.6 is 15.9 Å². The van der Waals surface area contributed by atoms with Gasteiger partial charge in [-0.25, -0.2) is 8.42 Å². The molecule has 0 aromatic heterocycles. The zero-order valence-corrected chi connectivity index (χ0v) is 18.6. The fourth-order valence-electron chi connectivity index (χ4n) is 3.77. The minimum atomic E-state index is -3.54. The second kappa shape index (κ2) is 10.2. The van der Waals surface area contributed by atoms with E-state index in [1.165, 1.54) is 29.6 Å². The Morgan fingerprint density at radius 1 is 1.14 bits per heavy atom. The molecule has 1 saturated heterocycles. The molecule has 8 heteroatoms. The summed E-state index contributed by atoms with van der Waals surface area (Å²) in [6.07, 6.45) is 8.93. The highest BCUT2D eigenvalue weighted by molar-refractivity contribution is 9.10. The first-order valence-electron chi connectivity index (χ1n) is 10.2. The van der Waals surface area contributed by atoms with Crippen molar-refractivity contribution in [3.05, 3.63) is 28.2 Å². The molecular formula is C20H29BrN2O4S. The molecule has 156 valence electrons. The van der Waals surface area contributed by atoms with Crippen LogP contribution in [0.1, 0.15) is 61.7 Å². The molecule has 1 saturated carbocycles. The van der Waals surface area contributed by atoms with Crippen molar-refractivity contribution in [2.75, 3.05) is 26.2 Å². The Bertz CT molecular complexity index is 772. The summed E-state index contributed by atoms with van der Waals surface area (Å²) in [5, 5.41) is 2.87. The zero-order chi connectivity index (χ0) is 20.0. The minimum Gasteiger partial charge on any atom is -0.378 e. The molecule has 1 aliphatic heterocycles. The van der Waals surface area contributed by atoms with Crippen molar-refractivity contribution in [1.29, 1.82) is 0 Å². The zero-order valence-electron chi connectivity index (χ0n) is 16.2. The van der Waals surface area contributed by atoms with Crippen molar-refractivity contribution in [3.63, 3.8) is 0 Å². The summed E-state index contributed by atoms with van der Waals surface area (Å²) in [6, 6.07) is 4.64. The van der Waals surface area contributed by atoms with Gasteiger partial charge >= 0.3 is 0 Å². The van der Waals surface area contributed by atoms with Gasteiger partial charge in [0.25, 0.3) is 5.91 Å². The lowest BCUT2D eigenvalue weighted by molar-refractivity contribution is 0.0273. The molecule has 3 rings (SSSR count). The van der Waals surface area contributed by atoms with Gasteiger partial charge in [-0.3, -0.25) is 4.79 Å². The molecule has 0 unspecified atom stereocenters. The summed E-state index contributed by atoms with van der Waals surface area (Å²) in [4.78, 5) is 12.7. The number of ether oxygens (including phenoxy) is 1. The summed E-state index contributed by atoms with van der Waals surface area (Å²) >= 11 is 3.36. The van der Waals surface area contributed by atoms with Gasteiger partial charge in [-0.15, -0.1) is 0 Å². The van der Waals surface area contributed by atoms with Gasteiger partial charge in [0.2, 0.25) is 10.0 Å². The Hall–Kier alpha value is -0.960. The van der Waals surface area contributed by atoms with Crippen molar-refractivity contribution in [2.24, 2.45) is 0 Å². The van der Waals surface area contributed by atoms with E-state index < -0.39 is 10.0 Å². The number of nitrogens with one attached hydrogen (secondary N) is 1. The maximum Gasteiger partial charge on any atom is 0.252 e. The quantitative estimate of drug-likeness (QED) is 0.585. The molecule has 1 N–H and O–H groups in total. The van der Waals surface area contributed by atoms with Crippen molar-refractivity contribution >= 4 is 31.9 Å². The molecule has 28 heavy (non-hydrogen) atoms. The van der Waals surface area contributed by atoms with E-state index in [1.807, 2.05) is 0 Å². The topological polar surface area (TPSA) is 75.7 Å². The SMILES string of the molecule is O=C(NCCCOC1CCCCC1)c1cc(S(=O)(=O)N2CCCC2)ccc1Br. The number of carbonyl (C=O) groups excluding carboxylic acids is 1. The van der Waals surface area contributed by atoms with E-state index in [0.29, 0.717) is 42.4 Å². The number of benzene rings is 1. The summed E-state index contributed by atoms with van der Waals surface area (Å²) < 4.78 is 33.4. The average molecular weight is 473 g/mol. The Labute approximate surface area is 176 Å². The fourth-order valence-corrected chi connectivity index (χ4v) is 5.74. The lowest BCUT2D eigenvalue weighted by Crippen LogP contribution is -2.29. The molecule has 1 aliphatic carbocycles. The van der Waals surface area contributed by atoms with E-state index in [-0.39, 0.29) is 10.8 Å². The summed E-state index contributed by atoms with van der Waals surface area (Å²) in [6.45, 7) is 2.22. The summed E-state index contributed by atoms with van der Waals surface area (Å²) in [7, 11) is -3.54. The van der Waals surface area contributed by atoms with E-state index in [9.17, 15) is 13.2 Å². The first-order valence-corrected chi connectivity index (χ1v) is 12.4. The van der Waals surface area contributed by atoms with Crippen LogP contribution in [-0.4, -0.2) is 51.0 Å². The highest BCUT2D eigenvalue weighted by Crippen LogP contribution is 2.25. The molecule has 0 radical (unpaired) electrons. The van der Waals surface area contributed by atoms with Crippen LogP contribution in [-0.2, 0) is 14.8 Å². The highest BCUT2D eigenvalue weighted by atomic mass is 79.9. The second-order valence-corrected chi connectivity index (χ2v) is 10.3. The van der Waals surface area contributed by atoms with Gasteiger partial charge in [0.15, 0.2) is 0 Å². The first-order chi connectivity index (χ1) is 13.5. The van der Waals surface area contributed by atoms with Crippen LogP contribution in [0.4, 0.5) is 0 Å². The van der Waals surface area contributed by atoms with Gasteiger partial charge in [0.05, 0.1) is 16.6 Å². The van der Waals surface area contributed by atoms with E-state index in [0.717, 1.165) is 32.1 Å². The fraction of sp³-hybridized carbons (Fsp3) is 0.650. The van der Waals surface area contributed by atoms with Crippen LogP contribution in [0, 0.1) is 0 Å². The van der Waals surface area contributed by atoms with Crippen molar-refractivity contribution in [1.82, 2.24) is 9.62 Å². The van der Waals surface area contributed by atoms with E-state index in [1.54, 1.807) is 12.1 Å². The lowest BCUT2D eigenvalue weighted by atomic mass is 9.98. The standard InChI is InChI=1S/C20H29BrN2O4S/c21-19-10-9-17(28(25,26)23-12-4-5-13-23)15-18(19)20(24)22-11-6-14-27-16-7-2-1-3-8-16/h9-10,15-16H,1-8,11-14H2,(H,22,24). The second-order valence-electron chi connectivity index (χ2n) is 7.49. The van der Waals surface area contributed by atoms with Crippen molar-refractivity contribution < 1.29 is 17.9 Å². The third-order valence-electron chi connectivity index (χ3n) is 5.40. The van der Waals surface area contributed by atoms with Crippen molar-refractivity contribution in [3.8, 4) is 0 Å². The molecule has 1 aromatic rings. The van der Waals surface area contributed by atoms with Crippen LogP contribution < -0.4 is 5.32 Å². The van der Waals surface area contributed by atoms with Crippen LogP contribution in [0.3, 0.4) is 0 Å². The van der Waals surface area contributed by atoms with Crippen LogP contribution in [0.15, 0.2) is 27.6 Å². The lowest BCUT2D eigenvalue weighted by Gasteiger charge is -2.22. The number of nitrogens with zero attached hydrogens (tertiary/aromatic N) is 1.